The van der Waals surface area contributed by atoms with Crippen LogP contribution in [0, 0.1) is 5.82 Å². The molecular weight excluding hydrogens is 367 g/mol. The molecule has 1 aliphatic rings. The third kappa shape index (κ3) is 4.00. The second-order valence-electron chi connectivity index (χ2n) is 5.74. The standard InChI is InChI=1S/C17H16ClFN2O3S/c18-14-7-4-8-15(19)13(14)11-25(23,24)20-16-9-10-21(17(16)22)12-5-2-1-3-6-12/h1-8,16,20H,9-11H2/t16-/m0/s1. The largest absolute Gasteiger partial charge is 0.311 e. The fourth-order valence-electron chi connectivity index (χ4n) is 2.77. The number of halogens is 2. The van der Waals surface area contributed by atoms with Gasteiger partial charge in [0.15, 0.2) is 0 Å². The highest BCUT2D eigenvalue weighted by Crippen LogP contribution is 2.24. The van der Waals surface area contributed by atoms with E-state index in [1.807, 2.05) is 6.07 Å². The maximum Gasteiger partial charge on any atom is 0.245 e. The molecule has 1 saturated heterocycles. The normalized spacial score (nSPS) is 17.9. The van der Waals surface area contributed by atoms with Gasteiger partial charge in [-0.1, -0.05) is 35.9 Å². The Morgan fingerprint density at radius 2 is 1.88 bits per heavy atom. The van der Waals surface area contributed by atoms with Gasteiger partial charge in [0, 0.05) is 22.8 Å². The van der Waals surface area contributed by atoms with Gasteiger partial charge in [-0.25, -0.2) is 17.5 Å². The van der Waals surface area contributed by atoms with Crippen molar-refractivity contribution in [2.75, 3.05) is 11.4 Å². The minimum absolute atomic E-state index is 0.0361. The molecular formula is C17H16ClFN2O3S. The Hall–Kier alpha value is -1.96. The number of nitrogens with zero attached hydrogens (tertiary/aromatic N) is 1. The van der Waals surface area contributed by atoms with Gasteiger partial charge in [0.1, 0.15) is 11.9 Å². The third-order valence-electron chi connectivity index (χ3n) is 3.99. The van der Waals surface area contributed by atoms with E-state index in [0.29, 0.717) is 18.7 Å². The lowest BCUT2D eigenvalue weighted by atomic mass is 10.2. The summed E-state index contributed by atoms with van der Waals surface area (Å²) in [6.07, 6.45) is 0.345. The van der Waals surface area contributed by atoms with Crippen LogP contribution in [0.5, 0.6) is 0 Å². The highest BCUT2D eigenvalue weighted by molar-refractivity contribution is 7.88. The Morgan fingerprint density at radius 3 is 2.56 bits per heavy atom. The second kappa shape index (κ2) is 7.11. The molecule has 5 nitrogen and oxygen atoms in total. The molecule has 1 aliphatic heterocycles. The van der Waals surface area contributed by atoms with Crippen molar-refractivity contribution in [2.45, 2.75) is 18.2 Å². The summed E-state index contributed by atoms with van der Waals surface area (Å²) in [6.45, 7) is 0.413. The molecule has 0 saturated carbocycles. The molecule has 1 fully saturated rings. The molecule has 8 heteroatoms. The molecule has 1 heterocycles. The number of hydrogen-bond donors (Lipinski definition) is 1. The van der Waals surface area contributed by atoms with Gasteiger partial charge in [-0.2, -0.15) is 0 Å². The zero-order chi connectivity index (χ0) is 18.0. The number of anilines is 1. The fraction of sp³-hybridized carbons (Fsp3) is 0.235. The van der Waals surface area contributed by atoms with Crippen LogP contribution in [0.2, 0.25) is 5.02 Å². The molecule has 1 atom stereocenters. The summed E-state index contributed by atoms with van der Waals surface area (Å²) in [4.78, 5) is 14.0. The number of sulfonamides is 1. The first-order valence-electron chi connectivity index (χ1n) is 7.67. The summed E-state index contributed by atoms with van der Waals surface area (Å²) in [5, 5.41) is 0.0361. The average molecular weight is 383 g/mol. The number of rotatable bonds is 5. The summed E-state index contributed by atoms with van der Waals surface area (Å²) in [5.41, 5.74) is 0.605. The predicted octanol–water partition coefficient (Wildman–Crippen LogP) is 2.70. The van der Waals surface area contributed by atoms with Crippen molar-refractivity contribution in [3.05, 3.63) is 64.9 Å². The van der Waals surface area contributed by atoms with Crippen LogP contribution in [0.25, 0.3) is 0 Å². The van der Waals surface area contributed by atoms with Gasteiger partial charge < -0.3 is 4.90 Å². The smallest absolute Gasteiger partial charge is 0.245 e. The first-order chi connectivity index (χ1) is 11.9. The lowest BCUT2D eigenvalue weighted by Crippen LogP contribution is -2.42. The lowest BCUT2D eigenvalue weighted by Gasteiger charge is -2.17. The maximum atomic E-state index is 13.8. The third-order valence-corrected chi connectivity index (χ3v) is 5.66. The summed E-state index contributed by atoms with van der Waals surface area (Å²) in [7, 11) is -3.92. The number of carbonyl (C=O) groups excluding carboxylic acids is 1. The molecule has 0 aromatic heterocycles. The topological polar surface area (TPSA) is 66.5 Å². The molecule has 1 amide bonds. The summed E-state index contributed by atoms with van der Waals surface area (Å²) < 4.78 is 40.8. The summed E-state index contributed by atoms with van der Waals surface area (Å²) in [5.74, 6) is -1.64. The van der Waals surface area contributed by atoms with Gasteiger partial charge in [0.25, 0.3) is 0 Å². The van der Waals surface area contributed by atoms with E-state index in [9.17, 15) is 17.6 Å². The minimum atomic E-state index is -3.92. The number of benzene rings is 2. The van der Waals surface area contributed by atoms with Crippen LogP contribution in [-0.4, -0.2) is 26.9 Å². The van der Waals surface area contributed by atoms with E-state index in [0.717, 1.165) is 6.07 Å². The van der Waals surface area contributed by atoms with Crippen molar-refractivity contribution < 1.29 is 17.6 Å². The summed E-state index contributed by atoms with van der Waals surface area (Å²) >= 11 is 5.88. The van der Waals surface area contributed by atoms with E-state index < -0.39 is 27.6 Å². The number of hydrogen-bond acceptors (Lipinski definition) is 3. The van der Waals surface area contributed by atoms with E-state index in [-0.39, 0.29) is 16.5 Å². The van der Waals surface area contributed by atoms with Crippen molar-refractivity contribution in [3.8, 4) is 0 Å². The van der Waals surface area contributed by atoms with Crippen LogP contribution in [0.4, 0.5) is 10.1 Å². The SMILES string of the molecule is O=C1[C@@H](NS(=O)(=O)Cc2c(F)cccc2Cl)CCN1c1ccccc1. The van der Waals surface area contributed by atoms with E-state index in [2.05, 4.69) is 4.72 Å². The maximum absolute atomic E-state index is 13.8. The Morgan fingerprint density at radius 1 is 1.16 bits per heavy atom. The van der Waals surface area contributed by atoms with Crippen molar-refractivity contribution in [2.24, 2.45) is 0 Å². The number of para-hydroxylation sites is 1. The molecule has 3 rings (SSSR count). The van der Waals surface area contributed by atoms with Crippen LogP contribution in [0.15, 0.2) is 48.5 Å². The molecule has 0 radical (unpaired) electrons. The van der Waals surface area contributed by atoms with E-state index in [1.54, 1.807) is 24.3 Å². The molecule has 1 N–H and O–H groups in total. The molecule has 2 aromatic carbocycles. The number of carbonyl (C=O) groups is 1. The van der Waals surface area contributed by atoms with E-state index >= 15 is 0 Å². The van der Waals surface area contributed by atoms with Crippen molar-refractivity contribution in [1.82, 2.24) is 4.72 Å². The summed E-state index contributed by atoms with van der Waals surface area (Å²) in [6, 6.07) is 12.1. The molecule has 25 heavy (non-hydrogen) atoms. The van der Waals surface area contributed by atoms with Gasteiger partial charge in [0.05, 0.1) is 5.75 Å². The highest BCUT2D eigenvalue weighted by atomic mass is 35.5. The molecule has 2 aromatic rings. The van der Waals surface area contributed by atoms with Crippen LogP contribution >= 0.6 is 11.6 Å². The monoisotopic (exact) mass is 382 g/mol. The lowest BCUT2D eigenvalue weighted by molar-refractivity contribution is -0.118. The quantitative estimate of drug-likeness (QED) is 0.864. The van der Waals surface area contributed by atoms with Crippen LogP contribution in [0.3, 0.4) is 0 Å². The predicted molar refractivity (Wildman–Crippen MR) is 94.4 cm³/mol. The molecule has 0 bridgehead atoms. The Labute approximate surface area is 150 Å². The second-order valence-corrected chi connectivity index (χ2v) is 7.90. The van der Waals surface area contributed by atoms with Crippen LogP contribution in [-0.2, 0) is 20.6 Å². The van der Waals surface area contributed by atoms with Crippen molar-refractivity contribution in [1.29, 1.82) is 0 Å². The van der Waals surface area contributed by atoms with Gasteiger partial charge in [0.2, 0.25) is 15.9 Å². The van der Waals surface area contributed by atoms with Gasteiger partial charge >= 0.3 is 0 Å². The van der Waals surface area contributed by atoms with Gasteiger partial charge in [-0.05, 0) is 30.7 Å². The Bertz CT molecular complexity index is 870. The van der Waals surface area contributed by atoms with E-state index in [4.69, 9.17) is 11.6 Å². The number of nitrogens with one attached hydrogen (secondary N) is 1. The molecule has 0 unspecified atom stereocenters. The molecule has 132 valence electrons. The van der Waals surface area contributed by atoms with Crippen LogP contribution in [0.1, 0.15) is 12.0 Å². The first-order valence-corrected chi connectivity index (χ1v) is 9.70. The zero-order valence-electron chi connectivity index (χ0n) is 13.2. The Balaban J connectivity index is 1.73. The van der Waals surface area contributed by atoms with Crippen LogP contribution < -0.4 is 9.62 Å². The number of amides is 1. The van der Waals surface area contributed by atoms with Gasteiger partial charge in [-0.3, -0.25) is 4.79 Å². The zero-order valence-corrected chi connectivity index (χ0v) is 14.7. The fourth-order valence-corrected chi connectivity index (χ4v) is 4.49. The van der Waals surface area contributed by atoms with Crippen molar-refractivity contribution >= 4 is 33.2 Å². The average Bonchev–Trinajstić information content (AvgIpc) is 2.92. The minimum Gasteiger partial charge on any atom is -0.311 e. The van der Waals surface area contributed by atoms with E-state index in [1.165, 1.54) is 17.0 Å². The highest BCUT2D eigenvalue weighted by Gasteiger charge is 2.35. The van der Waals surface area contributed by atoms with Gasteiger partial charge in [-0.15, -0.1) is 0 Å². The van der Waals surface area contributed by atoms with Crippen molar-refractivity contribution in [3.63, 3.8) is 0 Å². The first kappa shape index (κ1) is 17.8. The molecule has 0 aliphatic carbocycles. The molecule has 0 spiro atoms. The Kier molecular flexibility index (Phi) is 5.08.